The van der Waals surface area contributed by atoms with Crippen molar-refractivity contribution in [2.75, 3.05) is 13.0 Å². The van der Waals surface area contributed by atoms with Crippen molar-refractivity contribution in [3.63, 3.8) is 0 Å². The van der Waals surface area contributed by atoms with Gasteiger partial charge in [0.25, 0.3) is 6.01 Å². The smallest absolute Gasteiger partial charge is 0.362 e. The standard InChI is InChI=1S/C10H13N4O5P/c15-20(16,17)5-19-10-12-6-4-11-9(13-8(6)14-10)7-2-1-3-18-7/h4,7H,1-3,5H2,(H2,15,16,17)(H,11,12,13,14). The van der Waals surface area contributed by atoms with Crippen molar-refractivity contribution in [2.24, 2.45) is 0 Å². The van der Waals surface area contributed by atoms with E-state index in [0.29, 0.717) is 23.6 Å². The Kier molecular flexibility index (Phi) is 3.43. The summed E-state index contributed by atoms with van der Waals surface area (Å²) in [5, 5.41) is 0. The molecule has 3 N–H and O–H groups in total. The van der Waals surface area contributed by atoms with Crippen LogP contribution in [0.5, 0.6) is 6.01 Å². The van der Waals surface area contributed by atoms with Gasteiger partial charge in [-0.3, -0.25) is 4.57 Å². The molecular formula is C10H13N4O5P. The highest BCUT2D eigenvalue weighted by molar-refractivity contribution is 7.51. The number of fused-ring (bicyclic) bond motifs is 1. The lowest BCUT2D eigenvalue weighted by Gasteiger charge is -2.05. The van der Waals surface area contributed by atoms with Crippen molar-refractivity contribution >= 4 is 18.8 Å². The number of aromatic nitrogens is 4. The first-order valence-corrected chi connectivity index (χ1v) is 7.83. The summed E-state index contributed by atoms with van der Waals surface area (Å²) in [7, 11) is -4.24. The van der Waals surface area contributed by atoms with E-state index in [-0.39, 0.29) is 12.1 Å². The minimum Gasteiger partial charge on any atom is -0.452 e. The van der Waals surface area contributed by atoms with E-state index in [2.05, 4.69) is 19.9 Å². The van der Waals surface area contributed by atoms with E-state index < -0.39 is 13.9 Å². The van der Waals surface area contributed by atoms with Gasteiger partial charge in [0.2, 0.25) is 0 Å². The third-order valence-corrected chi connectivity index (χ3v) is 3.29. The molecule has 108 valence electrons. The molecule has 3 heterocycles. The zero-order chi connectivity index (χ0) is 14.2. The third-order valence-electron chi connectivity index (χ3n) is 2.82. The molecule has 9 nitrogen and oxygen atoms in total. The van der Waals surface area contributed by atoms with Crippen molar-refractivity contribution in [2.45, 2.75) is 18.9 Å². The van der Waals surface area contributed by atoms with Crippen LogP contribution in [0.2, 0.25) is 0 Å². The minimum atomic E-state index is -4.24. The molecule has 1 unspecified atom stereocenters. The summed E-state index contributed by atoms with van der Waals surface area (Å²) in [4.78, 5) is 32.7. The van der Waals surface area contributed by atoms with Crippen LogP contribution in [0, 0.1) is 0 Å². The van der Waals surface area contributed by atoms with E-state index >= 15 is 0 Å². The van der Waals surface area contributed by atoms with Crippen molar-refractivity contribution in [1.29, 1.82) is 0 Å². The average Bonchev–Trinajstić information content (AvgIpc) is 3.03. The van der Waals surface area contributed by atoms with E-state index in [9.17, 15) is 4.57 Å². The largest absolute Gasteiger partial charge is 0.452 e. The molecule has 1 atom stereocenters. The Hall–Kier alpha value is -1.54. The summed E-state index contributed by atoms with van der Waals surface area (Å²) in [6, 6.07) is 0.00196. The first-order valence-electron chi connectivity index (χ1n) is 6.03. The second-order valence-electron chi connectivity index (χ2n) is 4.45. The zero-order valence-corrected chi connectivity index (χ0v) is 11.3. The van der Waals surface area contributed by atoms with E-state index in [1.165, 1.54) is 0 Å². The fraction of sp³-hybridized carbons (Fsp3) is 0.500. The molecule has 0 aromatic carbocycles. The summed E-state index contributed by atoms with van der Waals surface area (Å²) >= 11 is 0. The summed E-state index contributed by atoms with van der Waals surface area (Å²) in [5.74, 6) is 0.558. The lowest BCUT2D eigenvalue weighted by Crippen LogP contribution is -2.02. The number of rotatable bonds is 4. The van der Waals surface area contributed by atoms with E-state index in [4.69, 9.17) is 19.3 Å². The molecule has 20 heavy (non-hydrogen) atoms. The molecule has 0 radical (unpaired) electrons. The van der Waals surface area contributed by atoms with E-state index in [1.54, 1.807) is 6.20 Å². The molecule has 2 aromatic heterocycles. The van der Waals surface area contributed by atoms with Crippen LogP contribution in [0.1, 0.15) is 24.8 Å². The molecule has 0 bridgehead atoms. The van der Waals surface area contributed by atoms with Crippen molar-refractivity contribution in [3.05, 3.63) is 12.0 Å². The SMILES string of the molecule is O=P(O)(O)COc1nc2nc(C3CCCO3)ncc2[nH]1. The van der Waals surface area contributed by atoms with E-state index in [0.717, 1.165) is 12.8 Å². The molecule has 1 saturated heterocycles. The number of ether oxygens (including phenoxy) is 2. The quantitative estimate of drug-likeness (QED) is 0.704. The summed E-state index contributed by atoms with van der Waals surface area (Å²) < 4.78 is 21.1. The molecule has 0 spiro atoms. The molecule has 1 aliphatic heterocycles. The van der Waals surface area contributed by atoms with Gasteiger partial charge in [-0.2, -0.15) is 4.98 Å². The highest BCUT2D eigenvalue weighted by atomic mass is 31.2. The lowest BCUT2D eigenvalue weighted by molar-refractivity contribution is 0.105. The van der Waals surface area contributed by atoms with Crippen LogP contribution >= 0.6 is 7.60 Å². The number of nitrogens with zero attached hydrogens (tertiary/aromatic N) is 3. The fourth-order valence-electron chi connectivity index (χ4n) is 1.95. The van der Waals surface area contributed by atoms with Crippen LogP contribution in [-0.2, 0) is 9.30 Å². The van der Waals surface area contributed by atoms with Gasteiger partial charge >= 0.3 is 7.60 Å². The molecule has 0 aliphatic carbocycles. The van der Waals surface area contributed by atoms with Gasteiger partial charge in [0.1, 0.15) is 11.6 Å². The predicted molar refractivity (Wildman–Crippen MR) is 67.1 cm³/mol. The zero-order valence-electron chi connectivity index (χ0n) is 10.4. The maximum Gasteiger partial charge on any atom is 0.362 e. The molecule has 0 amide bonds. The lowest BCUT2D eigenvalue weighted by atomic mass is 10.2. The van der Waals surface area contributed by atoms with Gasteiger partial charge in [0.15, 0.2) is 17.8 Å². The summed E-state index contributed by atoms with van der Waals surface area (Å²) in [6.07, 6.45) is 2.55. The number of hydrogen-bond acceptors (Lipinski definition) is 6. The molecule has 0 saturated carbocycles. The molecule has 10 heteroatoms. The van der Waals surface area contributed by atoms with Gasteiger partial charge in [-0.1, -0.05) is 0 Å². The minimum absolute atomic E-state index is 0.00196. The van der Waals surface area contributed by atoms with Gasteiger partial charge in [-0.15, -0.1) is 0 Å². The Balaban J connectivity index is 1.81. The van der Waals surface area contributed by atoms with Gasteiger partial charge < -0.3 is 24.2 Å². The Bertz CT molecular complexity index is 663. The molecule has 1 aliphatic rings. The van der Waals surface area contributed by atoms with Crippen molar-refractivity contribution in [1.82, 2.24) is 19.9 Å². The van der Waals surface area contributed by atoms with Crippen LogP contribution in [0.25, 0.3) is 11.2 Å². The van der Waals surface area contributed by atoms with Crippen LogP contribution in [0.15, 0.2) is 6.20 Å². The fourth-order valence-corrected chi connectivity index (χ4v) is 2.24. The monoisotopic (exact) mass is 300 g/mol. The molecular weight excluding hydrogens is 287 g/mol. The van der Waals surface area contributed by atoms with Crippen LogP contribution in [-0.4, -0.2) is 42.7 Å². The number of hydrogen-bond donors (Lipinski definition) is 3. The topological polar surface area (TPSA) is 130 Å². The number of nitrogens with one attached hydrogen (secondary N) is 1. The first kappa shape index (κ1) is 13.4. The Labute approximate surface area is 113 Å². The first-order chi connectivity index (χ1) is 9.51. The maximum absolute atomic E-state index is 10.7. The Morgan fingerprint density at radius 1 is 1.50 bits per heavy atom. The van der Waals surface area contributed by atoms with Crippen LogP contribution in [0.4, 0.5) is 0 Å². The van der Waals surface area contributed by atoms with Gasteiger partial charge in [-0.25, -0.2) is 9.97 Å². The summed E-state index contributed by atoms with van der Waals surface area (Å²) in [5.41, 5.74) is 0.915. The van der Waals surface area contributed by atoms with Crippen molar-refractivity contribution in [3.8, 4) is 6.01 Å². The second kappa shape index (κ2) is 5.10. The summed E-state index contributed by atoms with van der Waals surface area (Å²) in [6.45, 7) is 0.698. The van der Waals surface area contributed by atoms with Gasteiger partial charge in [0.05, 0.1) is 6.20 Å². The number of imidazole rings is 1. The molecule has 2 aromatic rings. The highest BCUT2D eigenvalue weighted by Crippen LogP contribution is 2.34. The Morgan fingerprint density at radius 2 is 2.35 bits per heavy atom. The van der Waals surface area contributed by atoms with Crippen LogP contribution in [0.3, 0.4) is 0 Å². The maximum atomic E-state index is 10.7. The van der Waals surface area contributed by atoms with Crippen LogP contribution < -0.4 is 4.74 Å². The second-order valence-corrected chi connectivity index (χ2v) is 6.03. The average molecular weight is 300 g/mol. The number of H-pyrrole nitrogens is 1. The molecule has 3 rings (SSSR count). The normalized spacial score (nSPS) is 19.6. The van der Waals surface area contributed by atoms with E-state index in [1.807, 2.05) is 0 Å². The number of aromatic amines is 1. The third kappa shape index (κ3) is 2.96. The van der Waals surface area contributed by atoms with Gasteiger partial charge in [0, 0.05) is 6.61 Å². The molecule has 1 fully saturated rings. The van der Waals surface area contributed by atoms with Crippen molar-refractivity contribution < 1.29 is 23.8 Å². The predicted octanol–water partition coefficient (Wildman–Crippen LogP) is 0.718. The van der Waals surface area contributed by atoms with Gasteiger partial charge in [-0.05, 0) is 12.8 Å². The highest BCUT2D eigenvalue weighted by Gasteiger charge is 2.21. The Morgan fingerprint density at radius 3 is 3.05 bits per heavy atom.